The maximum absolute atomic E-state index is 11.8. The van der Waals surface area contributed by atoms with Crippen molar-refractivity contribution in [1.82, 2.24) is 5.32 Å². The van der Waals surface area contributed by atoms with E-state index < -0.39 is 12.0 Å². The zero-order valence-electron chi connectivity index (χ0n) is 9.73. The molecule has 0 bridgehead atoms. The van der Waals surface area contributed by atoms with Gasteiger partial charge in [-0.3, -0.25) is 4.79 Å². The summed E-state index contributed by atoms with van der Waals surface area (Å²) in [7, 11) is 0. The van der Waals surface area contributed by atoms with Gasteiger partial charge in [-0.2, -0.15) is 0 Å². The third-order valence-corrected chi connectivity index (χ3v) is 4.82. The lowest BCUT2D eigenvalue weighted by Gasteiger charge is -2.26. The van der Waals surface area contributed by atoms with E-state index in [0.717, 1.165) is 5.56 Å². The van der Waals surface area contributed by atoms with Gasteiger partial charge < -0.3 is 10.4 Å². The fourth-order valence-corrected chi connectivity index (χ4v) is 3.26. The van der Waals surface area contributed by atoms with Gasteiger partial charge in [0.2, 0.25) is 5.91 Å². The molecule has 19 heavy (non-hydrogen) atoms. The third kappa shape index (κ3) is 3.55. The minimum absolute atomic E-state index is 0.255. The van der Waals surface area contributed by atoms with E-state index >= 15 is 0 Å². The highest BCUT2D eigenvalue weighted by molar-refractivity contribution is 8.00. The van der Waals surface area contributed by atoms with E-state index in [4.69, 9.17) is 28.3 Å². The average molecular weight is 320 g/mol. The van der Waals surface area contributed by atoms with Gasteiger partial charge in [0.15, 0.2) is 0 Å². The molecule has 0 radical (unpaired) electrons. The number of rotatable bonds is 3. The molecule has 0 aromatic heterocycles. The van der Waals surface area contributed by atoms with Gasteiger partial charge in [-0.1, -0.05) is 29.3 Å². The summed E-state index contributed by atoms with van der Waals surface area (Å²) in [5, 5.41) is 12.0. The molecular formula is C12H11Cl2NO3S. The maximum atomic E-state index is 11.8. The quantitative estimate of drug-likeness (QED) is 0.896. The number of carboxylic acids is 1. The van der Waals surface area contributed by atoms with Crippen LogP contribution in [0.25, 0.3) is 0 Å². The first-order chi connectivity index (χ1) is 8.97. The van der Waals surface area contributed by atoms with Crippen LogP contribution in [-0.4, -0.2) is 34.0 Å². The number of carbonyl (C=O) groups is 2. The number of halogens is 2. The number of aliphatic carboxylic acids is 1. The van der Waals surface area contributed by atoms with Gasteiger partial charge >= 0.3 is 5.97 Å². The molecule has 2 N–H and O–H groups in total. The number of carboxylic acid groups (broad SMARTS) is 1. The van der Waals surface area contributed by atoms with E-state index in [-0.39, 0.29) is 11.2 Å². The molecule has 7 heteroatoms. The molecule has 2 atom stereocenters. The molecule has 0 aliphatic carbocycles. The van der Waals surface area contributed by atoms with E-state index in [0.29, 0.717) is 22.2 Å². The highest BCUT2D eigenvalue weighted by Gasteiger charge is 2.32. The number of nitrogens with one attached hydrogen (secondary N) is 1. The van der Waals surface area contributed by atoms with Crippen LogP contribution in [0.2, 0.25) is 10.0 Å². The van der Waals surface area contributed by atoms with Crippen molar-refractivity contribution < 1.29 is 14.7 Å². The SMILES string of the molecule is O=C(O)[C@H]1CS[C@H](Cc2ccc(Cl)c(Cl)c2)C(=O)N1. The summed E-state index contributed by atoms with van der Waals surface area (Å²) < 4.78 is 0. The van der Waals surface area contributed by atoms with E-state index in [2.05, 4.69) is 5.32 Å². The summed E-state index contributed by atoms with van der Waals surface area (Å²) >= 11 is 13.1. The maximum Gasteiger partial charge on any atom is 0.327 e. The van der Waals surface area contributed by atoms with Crippen molar-refractivity contribution in [1.29, 1.82) is 0 Å². The van der Waals surface area contributed by atoms with Crippen LogP contribution in [0.1, 0.15) is 5.56 Å². The van der Waals surface area contributed by atoms with E-state index in [9.17, 15) is 9.59 Å². The monoisotopic (exact) mass is 319 g/mol. The van der Waals surface area contributed by atoms with Gasteiger partial charge in [0.25, 0.3) is 0 Å². The fraction of sp³-hybridized carbons (Fsp3) is 0.333. The number of hydrogen-bond acceptors (Lipinski definition) is 3. The molecule has 0 unspecified atom stereocenters. The summed E-state index contributed by atoms with van der Waals surface area (Å²) in [5.74, 6) is -0.892. The Morgan fingerprint density at radius 1 is 1.42 bits per heavy atom. The van der Waals surface area contributed by atoms with Crippen LogP contribution in [0, 0.1) is 0 Å². The number of carbonyl (C=O) groups excluding carboxylic acids is 1. The fourth-order valence-electron chi connectivity index (χ4n) is 1.76. The smallest absolute Gasteiger partial charge is 0.327 e. The van der Waals surface area contributed by atoms with Gasteiger partial charge in [0.1, 0.15) is 6.04 Å². The van der Waals surface area contributed by atoms with Crippen molar-refractivity contribution in [2.75, 3.05) is 5.75 Å². The second kappa shape index (κ2) is 6.03. The Morgan fingerprint density at radius 3 is 2.74 bits per heavy atom. The Labute approximate surface area is 124 Å². The molecule has 0 saturated carbocycles. The van der Waals surface area contributed by atoms with Crippen LogP contribution in [0.3, 0.4) is 0 Å². The molecule has 0 spiro atoms. The number of thioether (sulfide) groups is 1. The highest BCUT2D eigenvalue weighted by atomic mass is 35.5. The standard InChI is InChI=1S/C12H11Cl2NO3S/c13-7-2-1-6(3-8(7)14)4-10-11(16)15-9(5-19-10)12(17)18/h1-3,9-10H,4-5H2,(H,15,16)(H,17,18)/t9-,10-/m1/s1. The zero-order valence-corrected chi connectivity index (χ0v) is 12.1. The lowest BCUT2D eigenvalue weighted by atomic mass is 10.1. The molecule has 1 heterocycles. The molecule has 1 aliphatic rings. The predicted octanol–water partition coefficient (Wildman–Crippen LogP) is 2.22. The van der Waals surface area contributed by atoms with Gasteiger partial charge in [-0.25, -0.2) is 4.79 Å². The largest absolute Gasteiger partial charge is 0.480 e. The number of amides is 1. The lowest BCUT2D eigenvalue weighted by molar-refractivity contribution is -0.141. The van der Waals surface area contributed by atoms with Crippen molar-refractivity contribution in [3.63, 3.8) is 0 Å². The molecule has 1 amide bonds. The van der Waals surface area contributed by atoms with Crippen molar-refractivity contribution in [2.24, 2.45) is 0 Å². The minimum Gasteiger partial charge on any atom is -0.480 e. The van der Waals surface area contributed by atoms with E-state index in [1.807, 2.05) is 6.07 Å². The van der Waals surface area contributed by atoms with Gasteiger partial charge in [-0.15, -0.1) is 11.8 Å². The summed E-state index contributed by atoms with van der Waals surface area (Å²) in [6.45, 7) is 0. The van der Waals surface area contributed by atoms with E-state index in [1.54, 1.807) is 12.1 Å². The molecule has 2 rings (SSSR count). The highest BCUT2D eigenvalue weighted by Crippen LogP contribution is 2.26. The molecule has 1 fully saturated rings. The summed E-state index contributed by atoms with van der Waals surface area (Å²) in [5.41, 5.74) is 0.899. The lowest BCUT2D eigenvalue weighted by Crippen LogP contribution is -2.51. The molecule has 1 aliphatic heterocycles. The van der Waals surface area contributed by atoms with Crippen LogP contribution in [0.15, 0.2) is 18.2 Å². The first kappa shape index (κ1) is 14.5. The first-order valence-corrected chi connectivity index (χ1v) is 7.36. The molecule has 4 nitrogen and oxygen atoms in total. The van der Waals surface area contributed by atoms with Crippen molar-refractivity contribution in [3.05, 3.63) is 33.8 Å². The number of hydrogen-bond donors (Lipinski definition) is 2. The Balaban J connectivity index is 2.02. The zero-order chi connectivity index (χ0) is 14.0. The third-order valence-electron chi connectivity index (χ3n) is 2.78. The van der Waals surface area contributed by atoms with Crippen LogP contribution in [0.4, 0.5) is 0 Å². The summed E-state index contributed by atoms with van der Waals surface area (Å²) in [6.07, 6.45) is 0.500. The Hall–Kier alpha value is -0.910. The molecule has 102 valence electrons. The Morgan fingerprint density at radius 2 is 2.16 bits per heavy atom. The minimum atomic E-state index is -1.01. The van der Waals surface area contributed by atoms with Crippen molar-refractivity contribution >= 4 is 46.8 Å². The van der Waals surface area contributed by atoms with Crippen LogP contribution < -0.4 is 5.32 Å². The van der Waals surface area contributed by atoms with Crippen LogP contribution in [0.5, 0.6) is 0 Å². The van der Waals surface area contributed by atoms with Gasteiger partial charge in [0.05, 0.1) is 15.3 Å². The van der Waals surface area contributed by atoms with E-state index in [1.165, 1.54) is 11.8 Å². The van der Waals surface area contributed by atoms with Crippen molar-refractivity contribution in [2.45, 2.75) is 17.7 Å². The summed E-state index contributed by atoms with van der Waals surface area (Å²) in [6, 6.07) is 4.42. The molecular weight excluding hydrogens is 309 g/mol. The van der Waals surface area contributed by atoms with Gasteiger partial charge in [-0.05, 0) is 24.1 Å². The predicted molar refractivity (Wildman–Crippen MR) is 76.0 cm³/mol. The topological polar surface area (TPSA) is 66.4 Å². The van der Waals surface area contributed by atoms with Crippen LogP contribution >= 0.6 is 35.0 Å². The molecule has 1 aromatic carbocycles. The normalized spacial score (nSPS) is 22.9. The van der Waals surface area contributed by atoms with Gasteiger partial charge in [0, 0.05) is 5.75 Å². The average Bonchev–Trinajstić information content (AvgIpc) is 2.36. The number of benzene rings is 1. The molecule has 1 saturated heterocycles. The molecule has 1 aromatic rings. The van der Waals surface area contributed by atoms with Crippen LogP contribution in [-0.2, 0) is 16.0 Å². The summed E-state index contributed by atoms with van der Waals surface area (Å²) in [4.78, 5) is 22.6. The second-order valence-corrected chi connectivity index (χ2v) is 6.22. The Bertz CT molecular complexity index is 524. The first-order valence-electron chi connectivity index (χ1n) is 5.56. The Kier molecular flexibility index (Phi) is 4.60. The second-order valence-electron chi connectivity index (χ2n) is 4.17. The van der Waals surface area contributed by atoms with Crippen molar-refractivity contribution in [3.8, 4) is 0 Å².